The Hall–Kier alpha value is -1.97. The lowest BCUT2D eigenvalue weighted by atomic mass is 9.71. The second-order valence-electron chi connectivity index (χ2n) is 10.0. The van der Waals surface area contributed by atoms with Crippen LogP contribution >= 0.6 is 0 Å². The normalized spacial score (nSPS) is 27.3. The van der Waals surface area contributed by atoms with Gasteiger partial charge < -0.3 is 15.5 Å². The molecule has 0 aromatic heterocycles. The Morgan fingerprint density at radius 3 is 2.58 bits per heavy atom. The minimum absolute atomic E-state index is 0.156. The number of hydrogen-bond acceptors (Lipinski definition) is 5. The van der Waals surface area contributed by atoms with E-state index in [2.05, 4.69) is 22.5 Å². The number of nitrogens with one attached hydrogen (secondary N) is 2. The third-order valence-electron chi connectivity index (χ3n) is 7.48. The molecule has 4 rings (SSSR count). The number of carbonyl (C=O) groups is 2. The van der Waals surface area contributed by atoms with Gasteiger partial charge in [0.2, 0.25) is 21.8 Å². The van der Waals surface area contributed by atoms with Gasteiger partial charge in [0.15, 0.2) is 0 Å². The third-order valence-corrected chi connectivity index (χ3v) is 9.47. The average molecular weight is 477 g/mol. The van der Waals surface area contributed by atoms with Crippen molar-refractivity contribution in [1.82, 2.24) is 19.8 Å². The molecule has 0 bridgehead atoms. The van der Waals surface area contributed by atoms with Crippen LogP contribution in [0, 0.1) is 11.3 Å². The molecule has 0 saturated carbocycles. The van der Waals surface area contributed by atoms with E-state index in [4.69, 9.17) is 0 Å². The molecule has 0 aromatic rings. The molecule has 0 spiro atoms. The molecule has 2 N–H and O–H groups in total. The van der Waals surface area contributed by atoms with Gasteiger partial charge in [0, 0.05) is 42.4 Å². The molecule has 1 aliphatic carbocycles. The second-order valence-corrected chi connectivity index (χ2v) is 12.0. The van der Waals surface area contributed by atoms with Crippen molar-refractivity contribution < 1.29 is 18.0 Å². The number of carbonyl (C=O) groups excluding carboxylic acids is 2. The van der Waals surface area contributed by atoms with E-state index in [1.54, 1.807) is 12.2 Å². The molecule has 4 aliphatic rings. The maximum absolute atomic E-state index is 13.1. The molecule has 3 heterocycles. The summed E-state index contributed by atoms with van der Waals surface area (Å²) in [7, 11) is -3.58. The molecule has 0 unspecified atom stereocenters. The quantitative estimate of drug-likeness (QED) is 0.547. The molecule has 182 valence electrons. The van der Waals surface area contributed by atoms with Crippen molar-refractivity contribution in [3.63, 3.8) is 0 Å². The van der Waals surface area contributed by atoms with Crippen molar-refractivity contribution in [3.8, 4) is 0 Å². The average Bonchev–Trinajstić information content (AvgIpc) is 3.33. The molecule has 9 heteroatoms. The number of allylic oxidation sites excluding steroid dienone is 4. The van der Waals surface area contributed by atoms with Crippen molar-refractivity contribution in [2.45, 2.75) is 52.4 Å². The summed E-state index contributed by atoms with van der Waals surface area (Å²) in [5.74, 6) is 0.132. The lowest BCUT2D eigenvalue weighted by molar-refractivity contribution is -0.121. The summed E-state index contributed by atoms with van der Waals surface area (Å²) in [5, 5.41) is 5.77. The lowest BCUT2D eigenvalue weighted by Crippen LogP contribution is -2.46. The second kappa shape index (κ2) is 9.72. The zero-order chi connectivity index (χ0) is 23.6. The van der Waals surface area contributed by atoms with E-state index in [0.29, 0.717) is 35.8 Å². The predicted octanol–water partition coefficient (Wildman–Crippen LogP) is 1.88. The van der Waals surface area contributed by atoms with Gasteiger partial charge in [0.25, 0.3) is 0 Å². The van der Waals surface area contributed by atoms with Gasteiger partial charge in [-0.25, -0.2) is 8.42 Å². The summed E-state index contributed by atoms with van der Waals surface area (Å²) in [6.07, 6.45) is 9.71. The van der Waals surface area contributed by atoms with Crippen LogP contribution in [0.15, 0.2) is 34.4 Å². The highest BCUT2D eigenvalue weighted by molar-refractivity contribution is 7.93. The number of rotatable bonds is 7. The fourth-order valence-corrected chi connectivity index (χ4v) is 7.00. The van der Waals surface area contributed by atoms with Crippen LogP contribution < -0.4 is 10.6 Å². The molecule has 8 nitrogen and oxygen atoms in total. The van der Waals surface area contributed by atoms with Crippen LogP contribution in [-0.4, -0.2) is 68.7 Å². The van der Waals surface area contributed by atoms with Crippen LogP contribution in [-0.2, 0) is 19.6 Å². The molecule has 33 heavy (non-hydrogen) atoms. The van der Waals surface area contributed by atoms with E-state index in [1.165, 1.54) is 23.2 Å². The summed E-state index contributed by atoms with van der Waals surface area (Å²) in [6.45, 7) is 8.86. The van der Waals surface area contributed by atoms with E-state index >= 15 is 0 Å². The van der Waals surface area contributed by atoms with E-state index in [-0.39, 0.29) is 18.2 Å². The molecule has 2 fully saturated rings. The van der Waals surface area contributed by atoms with Gasteiger partial charge in [0.05, 0.1) is 4.91 Å². The molecule has 3 aliphatic heterocycles. The molecule has 0 radical (unpaired) electrons. The third kappa shape index (κ3) is 5.10. The maximum atomic E-state index is 13.1. The first-order valence-corrected chi connectivity index (χ1v) is 13.6. The molecule has 1 atom stereocenters. The Labute approximate surface area is 197 Å². The molecule has 2 saturated heterocycles. The van der Waals surface area contributed by atoms with Crippen molar-refractivity contribution in [2.75, 3.05) is 39.3 Å². The van der Waals surface area contributed by atoms with Crippen LogP contribution in [0.5, 0.6) is 0 Å². The molecular formula is C24H36N4O4S. The molecular weight excluding hydrogens is 440 g/mol. The fraction of sp³-hybridized carbons (Fsp3) is 0.667. The van der Waals surface area contributed by atoms with Gasteiger partial charge >= 0.3 is 0 Å². The van der Waals surface area contributed by atoms with E-state index < -0.39 is 15.4 Å². The standard InChI is InChI=1S/C24H36N4O4S/c1-18-8-14-27(15-9-18)11-5-10-25-23(30)20-16-22(29)26-21-7-6-19(17-24(20,21)2)33(31,32)28-12-3-4-13-28/h6-7,16,18H,3-5,8-15,17H2,1-2H3,(H,25,30)(H,26,29)/t24-/m1/s1. The minimum Gasteiger partial charge on any atom is -0.352 e. The highest BCUT2D eigenvalue weighted by Crippen LogP contribution is 2.46. The Kier molecular flexibility index (Phi) is 7.12. The monoisotopic (exact) mass is 476 g/mol. The summed E-state index contributed by atoms with van der Waals surface area (Å²) in [6, 6.07) is 0. The highest BCUT2D eigenvalue weighted by Gasteiger charge is 2.45. The number of hydrogen-bond donors (Lipinski definition) is 2. The largest absolute Gasteiger partial charge is 0.352 e. The number of nitrogens with zero attached hydrogens (tertiary/aromatic N) is 2. The number of likely N-dealkylation sites (tertiary alicyclic amines) is 1. The van der Waals surface area contributed by atoms with Gasteiger partial charge in [-0.05, 0) is 83.2 Å². The first-order valence-electron chi connectivity index (χ1n) is 12.2. The number of sulfonamides is 1. The fourth-order valence-electron chi connectivity index (χ4n) is 5.22. The smallest absolute Gasteiger partial charge is 0.248 e. The zero-order valence-corrected chi connectivity index (χ0v) is 20.5. The number of fused-ring (bicyclic) bond motifs is 1. The predicted molar refractivity (Wildman–Crippen MR) is 127 cm³/mol. The Morgan fingerprint density at radius 2 is 1.88 bits per heavy atom. The Bertz CT molecular complexity index is 986. The Balaban J connectivity index is 1.41. The first-order chi connectivity index (χ1) is 15.7. The van der Waals surface area contributed by atoms with E-state index in [0.717, 1.165) is 44.8 Å². The summed E-state index contributed by atoms with van der Waals surface area (Å²) >= 11 is 0. The molecule has 0 aromatic carbocycles. The minimum atomic E-state index is -3.58. The lowest BCUT2D eigenvalue weighted by Gasteiger charge is -2.40. The Morgan fingerprint density at radius 1 is 1.18 bits per heavy atom. The maximum Gasteiger partial charge on any atom is 0.248 e. The first kappa shape index (κ1) is 24.2. The van der Waals surface area contributed by atoms with Crippen LogP contribution in [0.25, 0.3) is 0 Å². The van der Waals surface area contributed by atoms with Crippen molar-refractivity contribution >= 4 is 21.8 Å². The van der Waals surface area contributed by atoms with Crippen molar-refractivity contribution in [1.29, 1.82) is 0 Å². The van der Waals surface area contributed by atoms with Gasteiger partial charge in [-0.3, -0.25) is 9.59 Å². The molecule has 2 amide bonds. The SMILES string of the molecule is CC1CCN(CCCNC(=O)C2=CC(=O)NC3=CC=C(S(=O)(=O)N4CCCC4)C[C@@]32C)CC1. The summed E-state index contributed by atoms with van der Waals surface area (Å²) in [5.41, 5.74) is 0.00667. The summed E-state index contributed by atoms with van der Waals surface area (Å²) in [4.78, 5) is 28.1. The van der Waals surface area contributed by atoms with E-state index in [1.807, 2.05) is 6.92 Å². The van der Waals surface area contributed by atoms with Gasteiger partial charge in [-0.15, -0.1) is 0 Å². The van der Waals surface area contributed by atoms with Crippen LogP contribution in [0.3, 0.4) is 0 Å². The zero-order valence-electron chi connectivity index (χ0n) is 19.7. The number of piperidine rings is 1. The van der Waals surface area contributed by atoms with Gasteiger partial charge in [0.1, 0.15) is 0 Å². The van der Waals surface area contributed by atoms with Crippen LogP contribution in [0.2, 0.25) is 0 Å². The van der Waals surface area contributed by atoms with E-state index in [9.17, 15) is 18.0 Å². The summed E-state index contributed by atoms with van der Waals surface area (Å²) < 4.78 is 27.8. The van der Waals surface area contributed by atoms with Crippen molar-refractivity contribution in [3.05, 3.63) is 34.4 Å². The highest BCUT2D eigenvalue weighted by atomic mass is 32.2. The van der Waals surface area contributed by atoms with Crippen LogP contribution in [0.1, 0.15) is 52.4 Å². The van der Waals surface area contributed by atoms with Crippen LogP contribution in [0.4, 0.5) is 0 Å². The van der Waals surface area contributed by atoms with Crippen molar-refractivity contribution in [2.24, 2.45) is 11.3 Å². The topological polar surface area (TPSA) is 98.8 Å². The number of amides is 2. The van der Waals surface area contributed by atoms with Gasteiger partial charge in [-0.2, -0.15) is 4.31 Å². The van der Waals surface area contributed by atoms with Gasteiger partial charge in [-0.1, -0.05) is 6.92 Å².